The van der Waals surface area contributed by atoms with Crippen molar-refractivity contribution in [3.05, 3.63) is 15.3 Å². The lowest BCUT2D eigenvalue weighted by Crippen LogP contribution is -2.15. The van der Waals surface area contributed by atoms with Gasteiger partial charge in [-0.2, -0.15) is 0 Å². The molecule has 0 bridgehead atoms. The van der Waals surface area contributed by atoms with Crippen LogP contribution in [0.3, 0.4) is 0 Å². The van der Waals surface area contributed by atoms with Crippen LogP contribution in [0.15, 0.2) is 11.0 Å². The van der Waals surface area contributed by atoms with E-state index in [1.165, 1.54) is 18.4 Å². The fraction of sp³-hybridized carbons (Fsp3) is 0.429. The maximum absolute atomic E-state index is 9.60. The second-order valence-corrected chi connectivity index (χ2v) is 6.16. The summed E-state index contributed by atoms with van der Waals surface area (Å²) in [6.45, 7) is 1.96. The van der Waals surface area contributed by atoms with Crippen LogP contribution < -0.4 is 4.72 Å². The summed E-state index contributed by atoms with van der Waals surface area (Å²) in [4.78, 5) is 1.44. The molecular formula is C7H12ClNO2S2. The Morgan fingerprint density at radius 3 is 2.69 bits per heavy atom. The van der Waals surface area contributed by atoms with Crippen molar-refractivity contribution in [1.29, 1.82) is 0 Å². The van der Waals surface area contributed by atoms with Crippen molar-refractivity contribution in [2.45, 2.75) is 18.2 Å². The molecule has 1 aromatic rings. The van der Waals surface area contributed by atoms with Gasteiger partial charge in [0.05, 0.1) is 9.23 Å². The molecular weight excluding hydrogens is 230 g/mol. The topological polar surface area (TPSA) is 52.5 Å². The summed E-state index contributed by atoms with van der Waals surface area (Å²) in [6, 6.07) is 1.61. The number of aryl methyl sites for hydroxylation is 1. The number of rotatable bonds is 3. The minimum Gasteiger partial charge on any atom is -0.281 e. The van der Waals surface area contributed by atoms with E-state index in [0.717, 1.165) is 11.3 Å². The van der Waals surface area contributed by atoms with Crippen molar-refractivity contribution >= 4 is 33.7 Å². The molecule has 0 aromatic carbocycles. The molecule has 0 atom stereocenters. The average molecular weight is 242 g/mol. The Bertz CT molecular complexity index is 301. The maximum Gasteiger partial charge on any atom is 0.0951 e. The fourth-order valence-electron chi connectivity index (χ4n) is 0.978. The van der Waals surface area contributed by atoms with Gasteiger partial charge < -0.3 is 0 Å². The number of hydrogen-bond donors (Lipinski definition) is 3. The van der Waals surface area contributed by atoms with Gasteiger partial charge in [0.25, 0.3) is 0 Å². The molecule has 0 radical (unpaired) electrons. The second-order valence-electron chi connectivity index (χ2n) is 2.44. The molecule has 0 amide bonds. The minimum atomic E-state index is -2.84. The van der Waals surface area contributed by atoms with Gasteiger partial charge in [0, 0.05) is 11.9 Å². The van der Waals surface area contributed by atoms with E-state index >= 15 is 0 Å². The number of halogens is 1. The molecule has 0 aliphatic rings. The first-order valence-electron chi connectivity index (χ1n) is 3.76. The minimum absolute atomic E-state index is 0.521. The number of nitrogens with one attached hydrogen (secondary N) is 1. The van der Waals surface area contributed by atoms with Gasteiger partial charge in [-0.25, -0.2) is 4.72 Å². The molecule has 0 unspecified atom stereocenters. The first-order valence-corrected chi connectivity index (χ1v) is 6.50. The average Bonchev–Trinajstić information content (AvgIpc) is 2.47. The molecule has 3 N–H and O–H groups in total. The summed E-state index contributed by atoms with van der Waals surface area (Å²) in [5.41, 5.74) is 0. The molecule has 0 saturated heterocycles. The highest BCUT2D eigenvalue weighted by molar-refractivity contribution is 8.22. The Morgan fingerprint density at radius 2 is 2.23 bits per heavy atom. The van der Waals surface area contributed by atoms with Gasteiger partial charge in [-0.3, -0.25) is 9.11 Å². The molecule has 3 nitrogen and oxygen atoms in total. The van der Waals surface area contributed by atoms with E-state index < -0.39 is 10.8 Å². The Labute approximate surface area is 88.2 Å². The summed E-state index contributed by atoms with van der Waals surface area (Å²) in [5.74, 6) is 0. The molecule has 0 aliphatic carbocycles. The standard InChI is InChI=1S/C7H12ClNO2S2/c1-3-5-6(4-7(8)12-5)13(10,11)9-2/h4,9-11H,3H2,1-2H3. The van der Waals surface area contributed by atoms with E-state index in [9.17, 15) is 9.11 Å². The largest absolute Gasteiger partial charge is 0.281 e. The van der Waals surface area contributed by atoms with E-state index in [4.69, 9.17) is 11.6 Å². The molecule has 0 aliphatic heterocycles. The van der Waals surface area contributed by atoms with Crippen molar-refractivity contribution in [1.82, 2.24) is 4.72 Å². The maximum atomic E-state index is 9.60. The fourth-order valence-corrected chi connectivity index (χ4v) is 3.66. The zero-order valence-corrected chi connectivity index (χ0v) is 9.76. The van der Waals surface area contributed by atoms with Crippen LogP contribution in [-0.2, 0) is 6.42 Å². The quantitative estimate of drug-likeness (QED) is 0.762. The van der Waals surface area contributed by atoms with E-state index in [1.807, 2.05) is 6.92 Å². The van der Waals surface area contributed by atoms with Crippen LogP contribution in [0, 0.1) is 0 Å². The molecule has 1 heterocycles. The molecule has 13 heavy (non-hydrogen) atoms. The van der Waals surface area contributed by atoms with Crippen LogP contribution in [0.4, 0.5) is 0 Å². The van der Waals surface area contributed by atoms with Gasteiger partial charge in [0.2, 0.25) is 0 Å². The molecule has 0 saturated carbocycles. The molecule has 1 rings (SSSR count). The second kappa shape index (κ2) is 4.16. The Balaban J connectivity index is 3.12. The van der Waals surface area contributed by atoms with Crippen molar-refractivity contribution in [3.8, 4) is 0 Å². The van der Waals surface area contributed by atoms with Crippen LogP contribution in [0.1, 0.15) is 11.8 Å². The van der Waals surface area contributed by atoms with E-state index in [2.05, 4.69) is 4.72 Å². The van der Waals surface area contributed by atoms with E-state index in [-0.39, 0.29) is 0 Å². The highest BCUT2D eigenvalue weighted by Gasteiger charge is 2.19. The molecule has 76 valence electrons. The number of hydrogen-bond acceptors (Lipinski definition) is 4. The van der Waals surface area contributed by atoms with Crippen LogP contribution in [0.5, 0.6) is 0 Å². The van der Waals surface area contributed by atoms with Crippen LogP contribution in [0.25, 0.3) is 0 Å². The monoisotopic (exact) mass is 241 g/mol. The molecule has 1 aromatic heterocycles. The van der Waals surface area contributed by atoms with Gasteiger partial charge >= 0.3 is 0 Å². The zero-order valence-electron chi connectivity index (χ0n) is 7.37. The summed E-state index contributed by atoms with van der Waals surface area (Å²) < 4.78 is 22.3. The zero-order chi connectivity index (χ0) is 10.1. The Hall–Kier alpha value is 0.220. The van der Waals surface area contributed by atoms with Gasteiger partial charge in [-0.05, 0) is 12.5 Å². The van der Waals surface area contributed by atoms with Crippen molar-refractivity contribution in [2.24, 2.45) is 0 Å². The van der Waals surface area contributed by atoms with E-state index in [0.29, 0.717) is 9.23 Å². The lowest BCUT2D eigenvalue weighted by Gasteiger charge is -2.31. The summed E-state index contributed by atoms with van der Waals surface area (Å²) >= 11 is 7.17. The van der Waals surface area contributed by atoms with Crippen LogP contribution >= 0.6 is 33.7 Å². The lowest BCUT2D eigenvalue weighted by atomic mass is 10.4. The first-order chi connectivity index (χ1) is 6.01. The van der Waals surface area contributed by atoms with Gasteiger partial charge in [0.1, 0.15) is 0 Å². The van der Waals surface area contributed by atoms with Gasteiger partial charge in [-0.1, -0.05) is 18.5 Å². The first kappa shape index (κ1) is 11.3. The van der Waals surface area contributed by atoms with Crippen LogP contribution in [0.2, 0.25) is 4.34 Å². The summed E-state index contributed by atoms with van der Waals surface area (Å²) in [5, 5.41) is 0. The summed E-state index contributed by atoms with van der Waals surface area (Å²) in [6.07, 6.45) is 0.754. The third kappa shape index (κ3) is 2.37. The van der Waals surface area contributed by atoms with E-state index in [1.54, 1.807) is 6.07 Å². The smallest absolute Gasteiger partial charge is 0.0951 e. The Kier molecular flexibility index (Phi) is 3.62. The molecule has 0 spiro atoms. The molecule has 0 fully saturated rings. The van der Waals surface area contributed by atoms with Gasteiger partial charge in [-0.15, -0.1) is 22.1 Å². The highest BCUT2D eigenvalue weighted by Crippen LogP contribution is 2.49. The number of thiophene rings is 1. The third-order valence-corrected chi connectivity index (χ3v) is 4.74. The lowest BCUT2D eigenvalue weighted by molar-refractivity contribution is 0.476. The predicted octanol–water partition coefficient (Wildman–Crippen LogP) is 3.21. The van der Waals surface area contributed by atoms with Crippen LogP contribution in [-0.4, -0.2) is 16.2 Å². The summed E-state index contributed by atoms with van der Waals surface area (Å²) in [7, 11) is -1.33. The predicted molar refractivity (Wildman–Crippen MR) is 58.9 cm³/mol. The SMILES string of the molecule is CCc1sc(Cl)cc1S(O)(O)NC. The van der Waals surface area contributed by atoms with Crippen molar-refractivity contribution in [3.63, 3.8) is 0 Å². The molecule has 6 heteroatoms. The van der Waals surface area contributed by atoms with Crippen molar-refractivity contribution in [2.75, 3.05) is 7.05 Å². The third-order valence-electron chi connectivity index (χ3n) is 1.65. The Morgan fingerprint density at radius 1 is 1.62 bits per heavy atom. The highest BCUT2D eigenvalue weighted by atomic mass is 35.5. The van der Waals surface area contributed by atoms with Gasteiger partial charge in [0.15, 0.2) is 0 Å². The van der Waals surface area contributed by atoms with Crippen molar-refractivity contribution < 1.29 is 9.11 Å². The normalized spacial score (nSPS) is 13.3.